The highest BCUT2D eigenvalue weighted by Gasteiger charge is 2.09. The first-order valence-corrected chi connectivity index (χ1v) is 6.43. The van der Waals surface area contributed by atoms with Gasteiger partial charge in [-0.25, -0.2) is 9.97 Å². The number of nitrogens with one attached hydrogen (secondary N) is 1. The number of aromatic nitrogens is 2. The van der Waals surface area contributed by atoms with Crippen LogP contribution in [0.25, 0.3) is 0 Å². The molecule has 1 heterocycles. The predicted molar refractivity (Wildman–Crippen MR) is 73.0 cm³/mol. The third-order valence-corrected chi connectivity index (χ3v) is 2.95. The highest BCUT2D eigenvalue weighted by Crippen LogP contribution is 2.18. The van der Waals surface area contributed by atoms with Gasteiger partial charge in [0.2, 0.25) is 0 Å². The second-order valence-electron chi connectivity index (χ2n) is 4.33. The van der Waals surface area contributed by atoms with Gasteiger partial charge in [0.25, 0.3) is 0 Å². The number of hydrogen-bond acceptors (Lipinski definition) is 3. The van der Waals surface area contributed by atoms with Crippen molar-refractivity contribution in [1.82, 2.24) is 15.3 Å². The van der Waals surface area contributed by atoms with Crippen molar-refractivity contribution >= 4 is 0 Å². The van der Waals surface area contributed by atoms with Crippen molar-refractivity contribution in [2.24, 2.45) is 0 Å². The Morgan fingerprint density at radius 2 is 2.00 bits per heavy atom. The summed E-state index contributed by atoms with van der Waals surface area (Å²) in [5.74, 6) is 0. The van der Waals surface area contributed by atoms with Crippen LogP contribution in [-0.2, 0) is 6.54 Å². The second-order valence-corrected chi connectivity index (χ2v) is 4.33. The Kier molecular flexibility index (Phi) is 4.85. The lowest BCUT2D eigenvalue weighted by atomic mass is 10.0. The van der Waals surface area contributed by atoms with Crippen LogP contribution in [-0.4, -0.2) is 9.97 Å². The molecule has 2 rings (SSSR count). The minimum atomic E-state index is 0.395. The Hall–Kier alpha value is -1.74. The van der Waals surface area contributed by atoms with Crippen molar-refractivity contribution in [3.63, 3.8) is 0 Å². The standard InChI is InChI=1S/C15H19N3/c1-2-6-15(13-7-4-3-5-8-13)17-11-14-9-10-16-12-18-14/h3-5,7-10,12,15,17H,2,6,11H2,1H3. The molecule has 0 saturated heterocycles. The molecule has 2 aromatic rings. The molecule has 1 N–H and O–H groups in total. The molecule has 0 fully saturated rings. The van der Waals surface area contributed by atoms with Gasteiger partial charge in [-0.05, 0) is 18.1 Å². The first-order valence-electron chi connectivity index (χ1n) is 6.43. The molecule has 1 unspecified atom stereocenters. The van der Waals surface area contributed by atoms with Crippen molar-refractivity contribution in [3.05, 3.63) is 60.2 Å². The predicted octanol–water partition coefficient (Wildman–Crippen LogP) is 3.11. The van der Waals surface area contributed by atoms with Crippen molar-refractivity contribution in [3.8, 4) is 0 Å². The summed E-state index contributed by atoms with van der Waals surface area (Å²) in [6.45, 7) is 2.99. The number of benzene rings is 1. The molecule has 1 atom stereocenters. The minimum absolute atomic E-state index is 0.395. The molecule has 0 aliphatic heterocycles. The van der Waals surface area contributed by atoms with Crippen molar-refractivity contribution in [2.45, 2.75) is 32.4 Å². The van der Waals surface area contributed by atoms with Gasteiger partial charge >= 0.3 is 0 Å². The summed E-state index contributed by atoms with van der Waals surface area (Å²) in [6.07, 6.45) is 5.67. The van der Waals surface area contributed by atoms with E-state index in [9.17, 15) is 0 Å². The summed E-state index contributed by atoms with van der Waals surface area (Å²) < 4.78 is 0. The van der Waals surface area contributed by atoms with E-state index in [1.54, 1.807) is 12.5 Å². The molecule has 0 radical (unpaired) electrons. The number of hydrogen-bond donors (Lipinski definition) is 1. The zero-order chi connectivity index (χ0) is 12.6. The fourth-order valence-electron chi connectivity index (χ4n) is 2.01. The van der Waals surface area contributed by atoms with Gasteiger partial charge in [-0.15, -0.1) is 0 Å². The van der Waals surface area contributed by atoms with E-state index < -0.39 is 0 Å². The summed E-state index contributed by atoms with van der Waals surface area (Å²) in [6, 6.07) is 12.9. The van der Waals surface area contributed by atoms with Crippen LogP contribution >= 0.6 is 0 Å². The van der Waals surface area contributed by atoms with E-state index in [1.165, 1.54) is 5.56 Å². The van der Waals surface area contributed by atoms with Crippen LogP contribution in [0.15, 0.2) is 48.9 Å². The lowest BCUT2D eigenvalue weighted by molar-refractivity contribution is 0.489. The molecule has 0 aliphatic carbocycles. The van der Waals surface area contributed by atoms with Crippen LogP contribution in [0.4, 0.5) is 0 Å². The van der Waals surface area contributed by atoms with Gasteiger partial charge in [0, 0.05) is 18.8 Å². The topological polar surface area (TPSA) is 37.8 Å². The number of nitrogens with zero attached hydrogens (tertiary/aromatic N) is 2. The fraction of sp³-hybridized carbons (Fsp3) is 0.333. The molecule has 0 saturated carbocycles. The fourth-order valence-corrected chi connectivity index (χ4v) is 2.01. The maximum absolute atomic E-state index is 4.23. The SMILES string of the molecule is CCCC(NCc1ccncn1)c1ccccc1. The Bertz CT molecular complexity index is 442. The molecule has 3 nitrogen and oxygen atoms in total. The van der Waals surface area contributed by atoms with Gasteiger partial charge in [0.15, 0.2) is 0 Å². The molecule has 0 amide bonds. The molecule has 0 spiro atoms. The van der Waals surface area contributed by atoms with E-state index in [0.717, 1.165) is 25.1 Å². The van der Waals surface area contributed by atoms with E-state index >= 15 is 0 Å². The smallest absolute Gasteiger partial charge is 0.115 e. The molecule has 0 aliphatic rings. The van der Waals surface area contributed by atoms with Crippen molar-refractivity contribution in [1.29, 1.82) is 0 Å². The summed E-state index contributed by atoms with van der Waals surface area (Å²) in [4.78, 5) is 8.16. The van der Waals surface area contributed by atoms with E-state index in [1.807, 2.05) is 6.07 Å². The van der Waals surface area contributed by atoms with Crippen LogP contribution in [0, 0.1) is 0 Å². The molecule has 1 aromatic carbocycles. The van der Waals surface area contributed by atoms with Gasteiger partial charge in [0.05, 0.1) is 5.69 Å². The van der Waals surface area contributed by atoms with Crippen LogP contribution in [0.5, 0.6) is 0 Å². The Morgan fingerprint density at radius 1 is 1.17 bits per heavy atom. The largest absolute Gasteiger partial charge is 0.304 e. The monoisotopic (exact) mass is 241 g/mol. The molecule has 1 aromatic heterocycles. The molecule has 3 heteroatoms. The Morgan fingerprint density at radius 3 is 2.67 bits per heavy atom. The summed E-state index contributed by atoms with van der Waals surface area (Å²) in [7, 11) is 0. The molecule has 18 heavy (non-hydrogen) atoms. The normalized spacial score (nSPS) is 12.3. The Labute approximate surface area is 108 Å². The minimum Gasteiger partial charge on any atom is -0.304 e. The molecule has 94 valence electrons. The maximum Gasteiger partial charge on any atom is 0.115 e. The van der Waals surface area contributed by atoms with Gasteiger partial charge in [0.1, 0.15) is 6.33 Å². The lowest BCUT2D eigenvalue weighted by Crippen LogP contribution is -2.21. The van der Waals surface area contributed by atoms with Crippen molar-refractivity contribution < 1.29 is 0 Å². The number of rotatable bonds is 6. The van der Waals surface area contributed by atoms with E-state index in [2.05, 4.69) is 52.5 Å². The van der Waals surface area contributed by atoms with Crippen LogP contribution in [0.3, 0.4) is 0 Å². The van der Waals surface area contributed by atoms with Crippen LogP contribution in [0.2, 0.25) is 0 Å². The quantitative estimate of drug-likeness (QED) is 0.844. The summed E-state index contributed by atoms with van der Waals surface area (Å²) in [5.41, 5.74) is 2.37. The first-order chi connectivity index (χ1) is 8.90. The van der Waals surface area contributed by atoms with Gasteiger partial charge in [-0.1, -0.05) is 43.7 Å². The average molecular weight is 241 g/mol. The van der Waals surface area contributed by atoms with Gasteiger partial charge in [-0.2, -0.15) is 0 Å². The zero-order valence-electron chi connectivity index (χ0n) is 10.7. The highest BCUT2D eigenvalue weighted by atomic mass is 14.9. The molecular formula is C15H19N3. The molecular weight excluding hydrogens is 222 g/mol. The van der Waals surface area contributed by atoms with Gasteiger partial charge < -0.3 is 5.32 Å². The van der Waals surface area contributed by atoms with E-state index in [0.29, 0.717) is 6.04 Å². The van der Waals surface area contributed by atoms with Crippen molar-refractivity contribution in [2.75, 3.05) is 0 Å². The third-order valence-electron chi connectivity index (χ3n) is 2.95. The van der Waals surface area contributed by atoms with E-state index in [-0.39, 0.29) is 0 Å². The van der Waals surface area contributed by atoms with Crippen LogP contribution in [0.1, 0.15) is 37.1 Å². The Balaban J connectivity index is 1.99. The summed E-state index contributed by atoms with van der Waals surface area (Å²) in [5, 5.41) is 3.56. The average Bonchev–Trinajstić information content (AvgIpc) is 2.45. The second kappa shape index (κ2) is 6.87. The van der Waals surface area contributed by atoms with Crippen LogP contribution < -0.4 is 5.32 Å². The maximum atomic E-state index is 4.23. The highest BCUT2D eigenvalue weighted by molar-refractivity contribution is 5.19. The third kappa shape index (κ3) is 3.64. The zero-order valence-corrected chi connectivity index (χ0v) is 10.7. The van der Waals surface area contributed by atoms with Gasteiger partial charge in [-0.3, -0.25) is 0 Å². The first kappa shape index (κ1) is 12.7. The summed E-state index contributed by atoms with van der Waals surface area (Å²) >= 11 is 0. The van der Waals surface area contributed by atoms with E-state index in [4.69, 9.17) is 0 Å². The molecule has 0 bridgehead atoms. The lowest BCUT2D eigenvalue weighted by Gasteiger charge is -2.18.